The molecule has 3 amide bonds. The first kappa shape index (κ1) is 14.6. The Bertz CT molecular complexity index is 733. The standard InChI is InChI=1S/C15H14FN3O2S/c1-8-3-10(4-9(2)14(8)16)11-7-22-12(18-11)6-19-13(20)5-17-15(19)21/h3-4,7H,5-6H2,1-2H3,(H,17,21). The van der Waals surface area contributed by atoms with Crippen LogP contribution in [-0.4, -0.2) is 28.4 Å². The van der Waals surface area contributed by atoms with Gasteiger partial charge in [-0.3, -0.25) is 9.69 Å². The summed E-state index contributed by atoms with van der Waals surface area (Å²) in [6, 6.07) is 3.10. The van der Waals surface area contributed by atoms with E-state index in [-0.39, 0.29) is 24.8 Å². The number of aryl methyl sites for hydroxylation is 2. The second kappa shape index (κ2) is 5.49. The fraction of sp³-hybridized carbons (Fsp3) is 0.267. The first-order valence-corrected chi connectivity index (χ1v) is 7.63. The summed E-state index contributed by atoms with van der Waals surface area (Å²) in [6.07, 6.45) is 0. The van der Waals surface area contributed by atoms with Crippen molar-refractivity contribution in [2.45, 2.75) is 20.4 Å². The molecule has 1 saturated heterocycles. The maximum atomic E-state index is 13.7. The van der Waals surface area contributed by atoms with Crippen molar-refractivity contribution < 1.29 is 14.0 Å². The minimum atomic E-state index is -0.393. The molecule has 1 fully saturated rings. The molecule has 0 bridgehead atoms. The number of amides is 3. The second-order valence-corrected chi connectivity index (χ2v) is 6.13. The Hall–Kier alpha value is -2.28. The molecule has 22 heavy (non-hydrogen) atoms. The quantitative estimate of drug-likeness (QED) is 0.885. The predicted octanol–water partition coefficient (Wildman–Crippen LogP) is 2.62. The minimum Gasteiger partial charge on any atom is -0.329 e. The highest BCUT2D eigenvalue weighted by Crippen LogP contribution is 2.26. The van der Waals surface area contributed by atoms with Gasteiger partial charge in [-0.15, -0.1) is 11.3 Å². The van der Waals surface area contributed by atoms with E-state index in [2.05, 4.69) is 10.3 Å². The summed E-state index contributed by atoms with van der Waals surface area (Å²) >= 11 is 1.37. The molecule has 2 heterocycles. The van der Waals surface area contributed by atoms with Crippen molar-refractivity contribution in [3.05, 3.63) is 39.5 Å². The number of benzene rings is 1. The summed E-state index contributed by atoms with van der Waals surface area (Å²) in [5.41, 5.74) is 2.69. The van der Waals surface area contributed by atoms with Gasteiger partial charge in [-0.2, -0.15) is 0 Å². The topological polar surface area (TPSA) is 62.3 Å². The average Bonchev–Trinajstić information content (AvgIpc) is 3.06. The molecule has 1 N–H and O–H groups in total. The number of hydrogen-bond donors (Lipinski definition) is 1. The lowest BCUT2D eigenvalue weighted by Crippen LogP contribution is -2.30. The van der Waals surface area contributed by atoms with Crippen molar-refractivity contribution in [1.29, 1.82) is 0 Å². The molecule has 1 aliphatic rings. The zero-order chi connectivity index (χ0) is 15.9. The third-order valence-corrected chi connectivity index (χ3v) is 4.35. The zero-order valence-corrected chi connectivity index (χ0v) is 13.0. The van der Waals surface area contributed by atoms with Crippen molar-refractivity contribution in [1.82, 2.24) is 15.2 Å². The van der Waals surface area contributed by atoms with Crippen LogP contribution in [-0.2, 0) is 11.3 Å². The number of carbonyl (C=O) groups excluding carboxylic acids is 2. The van der Waals surface area contributed by atoms with Crippen LogP contribution in [0.3, 0.4) is 0 Å². The largest absolute Gasteiger partial charge is 0.329 e. The van der Waals surface area contributed by atoms with Gasteiger partial charge >= 0.3 is 6.03 Å². The molecule has 3 rings (SSSR count). The van der Waals surface area contributed by atoms with E-state index < -0.39 is 6.03 Å². The molecule has 0 aliphatic carbocycles. The molecule has 0 atom stereocenters. The molecule has 0 unspecified atom stereocenters. The Labute approximate surface area is 130 Å². The highest BCUT2D eigenvalue weighted by Gasteiger charge is 2.29. The van der Waals surface area contributed by atoms with Crippen LogP contribution in [0.25, 0.3) is 11.3 Å². The normalized spacial score (nSPS) is 14.6. The van der Waals surface area contributed by atoms with E-state index in [0.717, 1.165) is 16.2 Å². The SMILES string of the molecule is Cc1cc(-c2csc(CN3C(=O)CNC3=O)n2)cc(C)c1F. The van der Waals surface area contributed by atoms with Crippen LogP contribution in [0, 0.1) is 19.7 Å². The number of nitrogens with zero attached hydrogens (tertiary/aromatic N) is 2. The predicted molar refractivity (Wildman–Crippen MR) is 80.9 cm³/mol. The number of hydrogen-bond acceptors (Lipinski definition) is 4. The van der Waals surface area contributed by atoms with E-state index in [4.69, 9.17) is 0 Å². The van der Waals surface area contributed by atoms with Crippen molar-refractivity contribution >= 4 is 23.3 Å². The summed E-state index contributed by atoms with van der Waals surface area (Å²) in [5, 5.41) is 4.99. The Morgan fingerprint density at radius 2 is 2.00 bits per heavy atom. The molecule has 7 heteroatoms. The minimum absolute atomic E-state index is 0.0351. The Morgan fingerprint density at radius 1 is 1.32 bits per heavy atom. The van der Waals surface area contributed by atoms with Crippen LogP contribution in [0.1, 0.15) is 16.1 Å². The summed E-state index contributed by atoms with van der Waals surface area (Å²) in [6.45, 7) is 3.63. The first-order valence-electron chi connectivity index (χ1n) is 6.75. The van der Waals surface area contributed by atoms with E-state index in [0.29, 0.717) is 16.1 Å². The van der Waals surface area contributed by atoms with Gasteiger partial charge in [0.05, 0.1) is 18.8 Å². The summed E-state index contributed by atoms with van der Waals surface area (Å²) in [4.78, 5) is 28.7. The molecule has 5 nitrogen and oxygen atoms in total. The lowest BCUT2D eigenvalue weighted by atomic mass is 10.0. The fourth-order valence-corrected chi connectivity index (χ4v) is 3.15. The van der Waals surface area contributed by atoms with Gasteiger partial charge in [0, 0.05) is 10.9 Å². The van der Waals surface area contributed by atoms with Gasteiger partial charge in [0.2, 0.25) is 5.91 Å². The number of aromatic nitrogens is 1. The molecule has 2 aromatic rings. The number of rotatable bonds is 3. The van der Waals surface area contributed by atoms with Crippen molar-refractivity contribution in [2.75, 3.05) is 6.54 Å². The van der Waals surface area contributed by atoms with Crippen LogP contribution in [0.4, 0.5) is 9.18 Å². The highest BCUT2D eigenvalue weighted by atomic mass is 32.1. The van der Waals surface area contributed by atoms with Gasteiger partial charge in [-0.1, -0.05) is 0 Å². The number of thiazole rings is 1. The molecule has 1 aliphatic heterocycles. The third-order valence-electron chi connectivity index (χ3n) is 3.51. The van der Waals surface area contributed by atoms with Gasteiger partial charge in [0.25, 0.3) is 0 Å². The number of imide groups is 1. The lowest BCUT2D eigenvalue weighted by Gasteiger charge is -2.09. The molecular formula is C15H14FN3O2S. The molecule has 0 radical (unpaired) electrons. The van der Waals surface area contributed by atoms with E-state index in [9.17, 15) is 14.0 Å². The Kier molecular flexibility index (Phi) is 3.66. The van der Waals surface area contributed by atoms with Crippen LogP contribution in [0.5, 0.6) is 0 Å². The van der Waals surface area contributed by atoms with E-state index in [1.807, 2.05) is 5.38 Å². The van der Waals surface area contributed by atoms with Gasteiger partial charge in [0.1, 0.15) is 10.8 Å². The summed E-state index contributed by atoms with van der Waals surface area (Å²) in [5.74, 6) is -0.464. The molecule has 0 spiro atoms. The average molecular weight is 319 g/mol. The van der Waals surface area contributed by atoms with Gasteiger partial charge in [0.15, 0.2) is 0 Å². The van der Waals surface area contributed by atoms with Gasteiger partial charge < -0.3 is 5.32 Å². The first-order chi connectivity index (χ1) is 10.5. The van der Waals surface area contributed by atoms with Gasteiger partial charge in [-0.25, -0.2) is 14.2 Å². The lowest BCUT2D eigenvalue weighted by molar-refractivity contribution is -0.125. The molecule has 1 aromatic heterocycles. The maximum Gasteiger partial charge on any atom is 0.324 e. The zero-order valence-electron chi connectivity index (χ0n) is 12.1. The highest BCUT2D eigenvalue weighted by molar-refractivity contribution is 7.09. The van der Waals surface area contributed by atoms with Gasteiger partial charge in [-0.05, 0) is 37.1 Å². The summed E-state index contributed by atoms with van der Waals surface area (Å²) < 4.78 is 13.7. The van der Waals surface area contributed by atoms with Crippen molar-refractivity contribution in [3.8, 4) is 11.3 Å². The maximum absolute atomic E-state index is 13.7. The number of urea groups is 1. The second-order valence-electron chi connectivity index (χ2n) is 5.19. The Balaban J connectivity index is 1.85. The molecule has 114 valence electrons. The van der Waals surface area contributed by atoms with Crippen molar-refractivity contribution in [2.24, 2.45) is 0 Å². The van der Waals surface area contributed by atoms with Crippen LogP contribution >= 0.6 is 11.3 Å². The van der Waals surface area contributed by atoms with Crippen LogP contribution < -0.4 is 5.32 Å². The van der Waals surface area contributed by atoms with Crippen molar-refractivity contribution in [3.63, 3.8) is 0 Å². The molecule has 0 saturated carbocycles. The fourth-order valence-electron chi connectivity index (χ4n) is 2.36. The summed E-state index contributed by atoms with van der Waals surface area (Å²) in [7, 11) is 0. The van der Waals surface area contributed by atoms with E-state index in [1.54, 1.807) is 26.0 Å². The third kappa shape index (κ3) is 2.59. The molecular weight excluding hydrogens is 305 g/mol. The van der Waals surface area contributed by atoms with E-state index in [1.165, 1.54) is 11.3 Å². The number of halogens is 1. The Morgan fingerprint density at radius 3 is 2.59 bits per heavy atom. The van der Waals surface area contributed by atoms with Crippen LogP contribution in [0.2, 0.25) is 0 Å². The van der Waals surface area contributed by atoms with Crippen LogP contribution in [0.15, 0.2) is 17.5 Å². The smallest absolute Gasteiger partial charge is 0.324 e. The van der Waals surface area contributed by atoms with E-state index >= 15 is 0 Å². The monoisotopic (exact) mass is 319 g/mol. The number of carbonyl (C=O) groups is 2. The number of nitrogens with one attached hydrogen (secondary N) is 1. The molecule has 1 aromatic carbocycles.